The van der Waals surface area contributed by atoms with E-state index >= 15 is 0 Å². The molecule has 0 aliphatic heterocycles. The highest BCUT2D eigenvalue weighted by atomic mass is 16.4. The van der Waals surface area contributed by atoms with Gasteiger partial charge in [-0.05, 0) is 12.1 Å². The number of hydrogen-bond acceptors (Lipinski definition) is 6. The molecule has 0 bridgehead atoms. The van der Waals surface area contributed by atoms with Crippen LogP contribution < -0.4 is 5.56 Å². The number of nitriles is 1. The maximum Gasteiger partial charge on any atom is 0.360 e. The Kier molecular flexibility index (Phi) is 2.95. The van der Waals surface area contributed by atoms with Gasteiger partial charge in [0.2, 0.25) is 5.69 Å². The summed E-state index contributed by atoms with van der Waals surface area (Å²) in [5.74, 6) is -2.18. The summed E-state index contributed by atoms with van der Waals surface area (Å²) >= 11 is 0. The zero-order valence-corrected chi connectivity index (χ0v) is 9.31. The SMILES string of the molecule is N#Cc1ccc(-n2nc(C(=O)O)c(O)cc2=O)cn1. The van der Waals surface area contributed by atoms with Crippen LogP contribution in [0.15, 0.2) is 29.2 Å². The van der Waals surface area contributed by atoms with Crippen molar-refractivity contribution in [3.63, 3.8) is 0 Å². The molecule has 0 fully saturated rings. The predicted octanol–water partition coefficient (Wildman–Crippen LogP) is -0.0970. The quantitative estimate of drug-likeness (QED) is 0.769. The van der Waals surface area contributed by atoms with Crippen molar-refractivity contribution in [2.75, 3.05) is 0 Å². The van der Waals surface area contributed by atoms with Crippen LogP contribution in [0.2, 0.25) is 0 Å². The first-order valence-electron chi connectivity index (χ1n) is 4.96. The van der Waals surface area contributed by atoms with Gasteiger partial charge in [-0.15, -0.1) is 0 Å². The van der Waals surface area contributed by atoms with Crippen LogP contribution in [0.3, 0.4) is 0 Å². The monoisotopic (exact) mass is 258 g/mol. The Labute approximate surface area is 105 Å². The number of carboxylic acids is 1. The average Bonchev–Trinajstić information content (AvgIpc) is 2.38. The van der Waals surface area contributed by atoms with E-state index in [0.717, 1.165) is 10.7 Å². The van der Waals surface area contributed by atoms with Gasteiger partial charge < -0.3 is 10.2 Å². The smallest absolute Gasteiger partial charge is 0.360 e. The molecule has 0 aliphatic carbocycles. The first kappa shape index (κ1) is 12.3. The summed E-state index contributed by atoms with van der Waals surface area (Å²) < 4.78 is 0.775. The summed E-state index contributed by atoms with van der Waals surface area (Å²) in [5.41, 5.74) is -1.03. The molecular weight excluding hydrogens is 252 g/mol. The van der Waals surface area contributed by atoms with Crippen molar-refractivity contribution in [1.82, 2.24) is 14.8 Å². The Morgan fingerprint density at radius 1 is 1.42 bits per heavy atom. The molecule has 94 valence electrons. The molecule has 19 heavy (non-hydrogen) atoms. The summed E-state index contributed by atoms with van der Waals surface area (Å²) in [6, 6.07) is 5.30. The van der Waals surface area contributed by atoms with Crippen LogP contribution in [0.25, 0.3) is 5.69 Å². The Bertz CT molecular complexity index is 743. The lowest BCUT2D eigenvalue weighted by atomic mass is 10.3. The Morgan fingerprint density at radius 2 is 2.16 bits per heavy atom. The molecule has 2 heterocycles. The third-order valence-corrected chi connectivity index (χ3v) is 2.22. The molecule has 0 aliphatic rings. The molecule has 0 amide bonds. The van der Waals surface area contributed by atoms with Crippen LogP contribution in [0, 0.1) is 11.3 Å². The summed E-state index contributed by atoms with van der Waals surface area (Å²) in [4.78, 5) is 26.2. The number of aromatic carboxylic acids is 1. The lowest BCUT2D eigenvalue weighted by Crippen LogP contribution is -2.23. The van der Waals surface area contributed by atoms with Crippen molar-refractivity contribution >= 4 is 5.97 Å². The minimum absolute atomic E-state index is 0.147. The number of carboxylic acid groups (broad SMARTS) is 1. The van der Waals surface area contributed by atoms with Crippen LogP contribution in [0.4, 0.5) is 0 Å². The molecule has 0 saturated heterocycles. The van der Waals surface area contributed by atoms with Gasteiger partial charge in [-0.2, -0.15) is 15.0 Å². The van der Waals surface area contributed by atoms with E-state index in [4.69, 9.17) is 10.4 Å². The number of hydrogen-bond donors (Lipinski definition) is 2. The second-order valence-corrected chi connectivity index (χ2v) is 3.45. The highest BCUT2D eigenvalue weighted by Gasteiger charge is 2.15. The summed E-state index contributed by atoms with van der Waals surface area (Å²) in [7, 11) is 0. The van der Waals surface area contributed by atoms with Crippen molar-refractivity contribution in [3.8, 4) is 17.5 Å². The zero-order chi connectivity index (χ0) is 14.0. The van der Waals surface area contributed by atoms with E-state index in [0.29, 0.717) is 0 Å². The maximum absolute atomic E-state index is 11.6. The van der Waals surface area contributed by atoms with Crippen LogP contribution in [-0.4, -0.2) is 30.9 Å². The average molecular weight is 258 g/mol. The van der Waals surface area contributed by atoms with E-state index in [1.54, 1.807) is 6.07 Å². The molecule has 0 spiro atoms. The van der Waals surface area contributed by atoms with Gasteiger partial charge in [0.1, 0.15) is 11.8 Å². The van der Waals surface area contributed by atoms with Gasteiger partial charge >= 0.3 is 5.97 Å². The molecule has 0 saturated carbocycles. The van der Waals surface area contributed by atoms with E-state index in [9.17, 15) is 14.7 Å². The summed E-state index contributed by atoms with van der Waals surface area (Å²) in [6.45, 7) is 0. The number of carbonyl (C=O) groups is 1. The molecule has 8 nitrogen and oxygen atoms in total. The molecule has 0 atom stereocenters. The van der Waals surface area contributed by atoms with Crippen LogP contribution in [0.1, 0.15) is 16.2 Å². The maximum atomic E-state index is 11.6. The molecule has 2 rings (SSSR count). The zero-order valence-electron chi connectivity index (χ0n) is 9.31. The molecule has 2 aromatic heterocycles. The highest BCUT2D eigenvalue weighted by Crippen LogP contribution is 2.12. The van der Waals surface area contributed by atoms with Gasteiger partial charge in [-0.3, -0.25) is 4.79 Å². The Morgan fingerprint density at radius 3 is 2.68 bits per heavy atom. The van der Waals surface area contributed by atoms with Crippen molar-refractivity contribution in [2.45, 2.75) is 0 Å². The molecule has 2 aromatic rings. The van der Waals surface area contributed by atoms with Gasteiger partial charge in [-0.25, -0.2) is 9.78 Å². The summed E-state index contributed by atoms with van der Waals surface area (Å²) in [6.07, 6.45) is 1.20. The Balaban J connectivity index is 2.61. The van der Waals surface area contributed by atoms with E-state index in [1.165, 1.54) is 18.3 Å². The number of aromatic hydroxyl groups is 1. The minimum Gasteiger partial charge on any atom is -0.505 e. The van der Waals surface area contributed by atoms with Gasteiger partial charge in [0.25, 0.3) is 5.56 Å². The standard InChI is InChI=1S/C11H6N4O4/c12-4-6-1-2-7(5-13-6)15-9(17)3-8(16)10(14-15)11(18)19/h1-3,5,16H,(H,18,19). The molecule has 0 unspecified atom stereocenters. The van der Waals surface area contributed by atoms with Crippen molar-refractivity contribution in [1.29, 1.82) is 5.26 Å². The van der Waals surface area contributed by atoms with Crippen molar-refractivity contribution in [3.05, 3.63) is 46.1 Å². The van der Waals surface area contributed by atoms with Gasteiger partial charge in [0, 0.05) is 6.07 Å². The van der Waals surface area contributed by atoms with Crippen molar-refractivity contribution in [2.24, 2.45) is 0 Å². The third kappa shape index (κ3) is 2.25. The number of aromatic nitrogens is 3. The van der Waals surface area contributed by atoms with Gasteiger partial charge in [0.15, 0.2) is 5.75 Å². The number of nitrogens with zero attached hydrogens (tertiary/aromatic N) is 4. The topological polar surface area (TPSA) is 129 Å². The first-order chi connectivity index (χ1) is 9.02. The Hall–Kier alpha value is -3.21. The largest absolute Gasteiger partial charge is 0.505 e. The second-order valence-electron chi connectivity index (χ2n) is 3.45. The fraction of sp³-hybridized carbons (Fsp3) is 0. The van der Waals surface area contributed by atoms with Gasteiger partial charge in [-0.1, -0.05) is 0 Å². The van der Waals surface area contributed by atoms with E-state index in [2.05, 4.69) is 10.1 Å². The minimum atomic E-state index is -1.46. The van der Waals surface area contributed by atoms with Crippen LogP contribution in [0.5, 0.6) is 5.75 Å². The van der Waals surface area contributed by atoms with Crippen LogP contribution >= 0.6 is 0 Å². The van der Waals surface area contributed by atoms with Crippen LogP contribution in [-0.2, 0) is 0 Å². The van der Waals surface area contributed by atoms with E-state index in [1.807, 2.05) is 0 Å². The number of pyridine rings is 1. The lowest BCUT2D eigenvalue weighted by molar-refractivity contribution is 0.0684. The molecule has 8 heteroatoms. The molecule has 2 N–H and O–H groups in total. The fourth-order valence-electron chi connectivity index (χ4n) is 1.36. The molecular formula is C11H6N4O4. The van der Waals surface area contributed by atoms with Crippen molar-refractivity contribution < 1.29 is 15.0 Å². The fourth-order valence-corrected chi connectivity index (χ4v) is 1.36. The van der Waals surface area contributed by atoms with Gasteiger partial charge in [0.05, 0.1) is 11.9 Å². The third-order valence-electron chi connectivity index (χ3n) is 2.22. The van der Waals surface area contributed by atoms with E-state index < -0.39 is 23.0 Å². The normalized spacial score (nSPS) is 9.84. The summed E-state index contributed by atoms with van der Waals surface area (Å²) in [5, 5.41) is 30.2. The highest BCUT2D eigenvalue weighted by molar-refractivity contribution is 5.88. The second kappa shape index (κ2) is 4.58. The first-order valence-corrected chi connectivity index (χ1v) is 4.96. The van der Waals surface area contributed by atoms with E-state index in [-0.39, 0.29) is 11.4 Å². The molecule has 0 aromatic carbocycles. The molecule has 0 radical (unpaired) electrons. The number of rotatable bonds is 2. The lowest BCUT2D eigenvalue weighted by Gasteiger charge is -2.05. The predicted molar refractivity (Wildman–Crippen MR) is 61.0 cm³/mol.